The molecule has 1 aromatic heterocycles. The van der Waals surface area contributed by atoms with Crippen LogP contribution in [0.4, 0.5) is 0 Å². The summed E-state index contributed by atoms with van der Waals surface area (Å²) < 4.78 is 0. The monoisotopic (exact) mass is 126 g/mol. The van der Waals surface area contributed by atoms with E-state index in [2.05, 4.69) is 10.2 Å². The third-order valence-electron chi connectivity index (χ3n) is 1.08. The molecule has 0 bridgehead atoms. The van der Waals surface area contributed by atoms with Crippen LogP contribution in [0.5, 0.6) is 5.75 Å². The fourth-order valence-electron chi connectivity index (χ4n) is 0.449. The standard InChI is InChI=1S/C5H6N2O2/c1-3-4(8)2-6-7-5(3)9/h2H,1H3,(H2,7,8,9). The third-order valence-corrected chi connectivity index (χ3v) is 1.08. The van der Waals surface area contributed by atoms with E-state index in [1.807, 2.05) is 0 Å². The smallest absolute Gasteiger partial charge is 0.270 e. The number of hydrogen-bond donors (Lipinski definition) is 2. The average Bonchev–Trinajstić information content (AvgIpc) is 1.83. The number of aromatic amines is 1. The van der Waals surface area contributed by atoms with Crippen molar-refractivity contribution in [2.75, 3.05) is 0 Å². The minimum Gasteiger partial charge on any atom is -0.506 e. The van der Waals surface area contributed by atoms with E-state index in [-0.39, 0.29) is 11.3 Å². The van der Waals surface area contributed by atoms with E-state index in [1.165, 1.54) is 13.1 Å². The minimum absolute atomic E-state index is 0.0706. The number of aromatic nitrogens is 2. The van der Waals surface area contributed by atoms with E-state index >= 15 is 0 Å². The largest absolute Gasteiger partial charge is 0.506 e. The van der Waals surface area contributed by atoms with Gasteiger partial charge in [-0.1, -0.05) is 0 Å². The molecule has 0 unspecified atom stereocenters. The quantitative estimate of drug-likeness (QED) is 0.505. The van der Waals surface area contributed by atoms with Gasteiger partial charge in [0.2, 0.25) is 0 Å². The highest BCUT2D eigenvalue weighted by molar-refractivity contribution is 5.23. The lowest BCUT2D eigenvalue weighted by atomic mass is 10.3. The summed E-state index contributed by atoms with van der Waals surface area (Å²) in [7, 11) is 0. The Morgan fingerprint density at radius 1 is 1.78 bits per heavy atom. The Bertz CT molecular complexity index is 266. The van der Waals surface area contributed by atoms with Crippen LogP contribution in [0.1, 0.15) is 5.56 Å². The molecule has 48 valence electrons. The van der Waals surface area contributed by atoms with Gasteiger partial charge in [-0.2, -0.15) is 5.10 Å². The van der Waals surface area contributed by atoms with Crippen molar-refractivity contribution in [1.29, 1.82) is 0 Å². The highest BCUT2D eigenvalue weighted by Crippen LogP contribution is 2.04. The zero-order valence-electron chi connectivity index (χ0n) is 4.88. The van der Waals surface area contributed by atoms with E-state index in [1.54, 1.807) is 0 Å². The molecule has 0 saturated heterocycles. The van der Waals surface area contributed by atoms with Gasteiger partial charge in [-0.25, -0.2) is 5.10 Å². The number of H-pyrrole nitrogens is 1. The van der Waals surface area contributed by atoms with Crippen LogP contribution >= 0.6 is 0 Å². The zero-order chi connectivity index (χ0) is 6.85. The van der Waals surface area contributed by atoms with Crippen molar-refractivity contribution in [2.24, 2.45) is 0 Å². The molecular weight excluding hydrogens is 120 g/mol. The predicted octanol–water partition coefficient (Wildman–Crippen LogP) is -0.216. The maximum atomic E-state index is 10.6. The van der Waals surface area contributed by atoms with E-state index < -0.39 is 0 Å². The summed E-state index contributed by atoms with van der Waals surface area (Å²) in [6.45, 7) is 1.52. The Labute approximate surface area is 51.2 Å². The molecule has 4 heteroatoms. The number of nitrogens with one attached hydrogen (secondary N) is 1. The fourth-order valence-corrected chi connectivity index (χ4v) is 0.449. The Morgan fingerprint density at radius 3 is 2.89 bits per heavy atom. The first kappa shape index (κ1) is 5.81. The van der Waals surface area contributed by atoms with Crippen LogP contribution in [0.15, 0.2) is 11.0 Å². The normalized spacial score (nSPS) is 9.44. The Morgan fingerprint density at radius 2 is 2.44 bits per heavy atom. The van der Waals surface area contributed by atoms with Gasteiger partial charge in [-0.3, -0.25) is 4.79 Å². The second kappa shape index (κ2) is 1.89. The molecule has 0 amide bonds. The topological polar surface area (TPSA) is 66.0 Å². The number of aromatic hydroxyl groups is 1. The van der Waals surface area contributed by atoms with Gasteiger partial charge in [0.05, 0.1) is 11.8 Å². The molecule has 0 saturated carbocycles. The van der Waals surface area contributed by atoms with Crippen molar-refractivity contribution in [3.8, 4) is 5.75 Å². The molecule has 1 heterocycles. The molecule has 1 rings (SSSR count). The van der Waals surface area contributed by atoms with Crippen LogP contribution in [0, 0.1) is 6.92 Å². The van der Waals surface area contributed by atoms with Gasteiger partial charge in [-0.05, 0) is 6.92 Å². The summed E-state index contributed by atoms with van der Waals surface area (Å²) in [5.74, 6) is -0.0706. The van der Waals surface area contributed by atoms with Gasteiger partial charge < -0.3 is 5.11 Å². The van der Waals surface area contributed by atoms with E-state index in [0.717, 1.165) is 0 Å². The van der Waals surface area contributed by atoms with Crippen LogP contribution in [0.2, 0.25) is 0 Å². The van der Waals surface area contributed by atoms with Crippen LogP contribution in [0.25, 0.3) is 0 Å². The molecule has 0 spiro atoms. The first-order valence-corrected chi connectivity index (χ1v) is 2.45. The molecule has 1 aromatic rings. The first-order chi connectivity index (χ1) is 4.22. The molecule has 0 aromatic carbocycles. The number of nitrogens with zero attached hydrogens (tertiary/aromatic N) is 1. The summed E-state index contributed by atoms with van der Waals surface area (Å²) in [5.41, 5.74) is -0.0556. The fraction of sp³-hybridized carbons (Fsp3) is 0.200. The zero-order valence-corrected chi connectivity index (χ0v) is 4.88. The minimum atomic E-state index is -0.352. The highest BCUT2D eigenvalue weighted by Gasteiger charge is 1.96. The van der Waals surface area contributed by atoms with Crippen LogP contribution < -0.4 is 5.56 Å². The Kier molecular flexibility index (Phi) is 1.22. The van der Waals surface area contributed by atoms with Crippen molar-refractivity contribution in [3.05, 3.63) is 22.1 Å². The van der Waals surface area contributed by atoms with Gasteiger partial charge in [0.1, 0.15) is 5.75 Å². The molecule has 9 heavy (non-hydrogen) atoms. The lowest BCUT2D eigenvalue weighted by Crippen LogP contribution is -2.09. The molecule has 4 nitrogen and oxygen atoms in total. The highest BCUT2D eigenvalue weighted by atomic mass is 16.3. The van der Waals surface area contributed by atoms with Gasteiger partial charge >= 0.3 is 0 Å². The second-order valence-electron chi connectivity index (χ2n) is 1.71. The molecule has 0 aliphatic heterocycles. The summed E-state index contributed by atoms with van der Waals surface area (Å²) in [4.78, 5) is 10.6. The SMILES string of the molecule is Cc1c(O)cn[nH]c1=O. The van der Waals surface area contributed by atoms with E-state index in [0.29, 0.717) is 5.56 Å². The Balaban J connectivity index is 3.43. The predicted molar refractivity (Wildman–Crippen MR) is 31.3 cm³/mol. The summed E-state index contributed by atoms with van der Waals surface area (Å²) >= 11 is 0. The molecule has 0 atom stereocenters. The molecule has 2 N–H and O–H groups in total. The summed E-state index contributed by atoms with van der Waals surface area (Å²) in [6, 6.07) is 0. The van der Waals surface area contributed by atoms with Crippen LogP contribution in [-0.2, 0) is 0 Å². The van der Waals surface area contributed by atoms with Gasteiger partial charge in [0.15, 0.2) is 0 Å². The van der Waals surface area contributed by atoms with Gasteiger partial charge in [-0.15, -0.1) is 0 Å². The average molecular weight is 126 g/mol. The molecule has 0 radical (unpaired) electrons. The van der Waals surface area contributed by atoms with Crippen molar-refractivity contribution >= 4 is 0 Å². The van der Waals surface area contributed by atoms with E-state index in [9.17, 15) is 4.79 Å². The number of rotatable bonds is 0. The molecular formula is C5H6N2O2. The van der Waals surface area contributed by atoms with Crippen molar-refractivity contribution < 1.29 is 5.11 Å². The summed E-state index contributed by atoms with van der Waals surface area (Å²) in [6.07, 6.45) is 1.19. The maximum absolute atomic E-state index is 10.6. The Hall–Kier alpha value is -1.32. The maximum Gasteiger partial charge on any atom is 0.270 e. The second-order valence-corrected chi connectivity index (χ2v) is 1.71. The first-order valence-electron chi connectivity index (χ1n) is 2.45. The molecule has 0 fully saturated rings. The van der Waals surface area contributed by atoms with Crippen molar-refractivity contribution in [3.63, 3.8) is 0 Å². The molecule has 0 aliphatic carbocycles. The molecule has 0 aliphatic rings. The van der Waals surface area contributed by atoms with Crippen LogP contribution in [-0.4, -0.2) is 15.3 Å². The third kappa shape index (κ3) is 0.910. The van der Waals surface area contributed by atoms with Gasteiger partial charge in [0, 0.05) is 0 Å². The van der Waals surface area contributed by atoms with Gasteiger partial charge in [0.25, 0.3) is 5.56 Å². The lowest BCUT2D eigenvalue weighted by molar-refractivity contribution is 0.464. The van der Waals surface area contributed by atoms with Crippen LogP contribution in [0.3, 0.4) is 0 Å². The van der Waals surface area contributed by atoms with Crippen molar-refractivity contribution in [1.82, 2.24) is 10.2 Å². The lowest BCUT2D eigenvalue weighted by Gasteiger charge is -1.91. The van der Waals surface area contributed by atoms with E-state index in [4.69, 9.17) is 5.11 Å². The number of hydrogen-bond acceptors (Lipinski definition) is 3. The summed E-state index contributed by atoms with van der Waals surface area (Å²) in [5, 5.41) is 14.3. The van der Waals surface area contributed by atoms with Crippen molar-refractivity contribution in [2.45, 2.75) is 6.92 Å².